The largest absolute Gasteiger partial charge is 3.00 e. The van der Waals surface area contributed by atoms with Gasteiger partial charge < -0.3 is 53.2 Å². The molecule has 0 radical (unpaired) electrons. The molecule has 0 spiro atoms. The number of para-hydroxylation sites is 3. The molecule has 16 heteroatoms. The maximum atomic E-state index is 10.6. The Morgan fingerprint density at radius 1 is 0.525 bits per heavy atom. The van der Waals surface area contributed by atoms with Gasteiger partial charge in [-0.2, -0.15) is 0 Å². The summed E-state index contributed by atoms with van der Waals surface area (Å²) in [5, 5.41) is 26.3. The second kappa shape index (κ2) is 13.6. The van der Waals surface area contributed by atoms with Crippen molar-refractivity contribution in [2.45, 2.75) is 14.7 Å². The van der Waals surface area contributed by atoms with Gasteiger partial charge in [0.05, 0.1) is 30.6 Å². The third-order valence-corrected chi connectivity index (χ3v) is 8.71. The van der Waals surface area contributed by atoms with E-state index in [1.54, 1.807) is 36.4 Å². The van der Waals surface area contributed by atoms with Gasteiger partial charge in [-0.25, -0.2) is 29.3 Å². The number of aromatic carboxylic acids is 3. The van der Waals surface area contributed by atoms with Crippen molar-refractivity contribution in [1.82, 2.24) is 15.0 Å². The fourth-order valence-electron chi connectivity index (χ4n) is 3.04. The van der Waals surface area contributed by atoms with Gasteiger partial charge in [0.2, 0.25) is 15.0 Å². The van der Waals surface area contributed by atoms with Gasteiger partial charge in [-0.1, -0.05) is 36.4 Å². The fourth-order valence-corrected chi connectivity index (χ4v) is 6.43. The number of carboxylic acid groups (broad SMARTS) is 3. The van der Waals surface area contributed by atoms with Crippen LogP contribution >= 0.6 is 34.0 Å². The van der Waals surface area contributed by atoms with E-state index in [1.165, 1.54) is 0 Å². The van der Waals surface area contributed by atoms with Gasteiger partial charge in [0.1, 0.15) is 0 Å². The normalized spacial score (nSPS) is 10.2. The SMILES string of the molecule is O=C(O)c1nc2c([S-])cccc2s1.O=C(O)c1nc2c([S-])cccc2s1.O=C(O)c1nc2c([S-])cccc2s1.[Ir+3]. The van der Waals surface area contributed by atoms with Gasteiger partial charge >= 0.3 is 38.0 Å². The summed E-state index contributed by atoms with van der Waals surface area (Å²) in [5.74, 6) is -3.01. The Hall–Kier alpha value is -2.95. The van der Waals surface area contributed by atoms with E-state index >= 15 is 0 Å². The molecule has 3 aromatic heterocycles. The Morgan fingerprint density at radius 2 is 0.775 bits per heavy atom. The van der Waals surface area contributed by atoms with Crippen molar-refractivity contribution in [2.24, 2.45) is 0 Å². The van der Waals surface area contributed by atoms with Crippen molar-refractivity contribution in [3.05, 3.63) is 69.6 Å². The molecule has 0 unspecified atom stereocenters. The first-order valence-corrected chi connectivity index (χ1v) is 14.1. The van der Waals surface area contributed by atoms with E-state index in [2.05, 4.69) is 15.0 Å². The molecule has 0 aliphatic heterocycles. The number of fused-ring (bicyclic) bond motifs is 3. The van der Waals surface area contributed by atoms with E-state index in [1.807, 2.05) is 18.2 Å². The quantitative estimate of drug-likeness (QED) is 0.188. The molecule has 6 rings (SSSR count). The number of hydrogen-bond acceptors (Lipinski definition) is 12. The van der Waals surface area contributed by atoms with Crippen molar-refractivity contribution in [2.75, 3.05) is 0 Å². The van der Waals surface area contributed by atoms with Crippen molar-refractivity contribution >= 4 is 120 Å². The summed E-state index contributed by atoms with van der Waals surface area (Å²) < 4.78 is 2.47. The number of benzene rings is 3. The molecule has 204 valence electrons. The van der Waals surface area contributed by atoms with Crippen LogP contribution in [0.1, 0.15) is 29.4 Å². The molecule has 0 saturated carbocycles. The zero-order chi connectivity index (χ0) is 28.3. The summed E-state index contributed by atoms with van der Waals surface area (Å²) in [6.45, 7) is 0. The molecule has 3 N–H and O–H groups in total. The summed E-state index contributed by atoms with van der Waals surface area (Å²) in [6, 6.07) is 16.1. The van der Waals surface area contributed by atoms with Gasteiger partial charge in [0.25, 0.3) is 0 Å². The van der Waals surface area contributed by atoms with Gasteiger partial charge in [0.15, 0.2) is 0 Å². The monoisotopic (exact) mass is 823 g/mol. The standard InChI is InChI=1S/3C8H5NO2S2.Ir/c3*10-8(11)7-9-6-4(12)2-1-3-5(6)13-7;/h3*1-3,12H,(H,10,11);/q;;;+3/p-3. The minimum Gasteiger partial charge on any atom is -0.778 e. The molecule has 6 aromatic rings. The third kappa shape index (κ3) is 7.21. The second-order valence-corrected chi connectivity index (χ2v) is 11.7. The molecule has 0 atom stereocenters. The molecule has 0 bridgehead atoms. The molecule has 9 nitrogen and oxygen atoms in total. The molecule has 3 aromatic carbocycles. The minimum atomic E-state index is -1.00. The average Bonchev–Trinajstić information content (AvgIpc) is 3.63. The first-order chi connectivity index (χ1) is 18.5. The van der Waals surface area contributed by atoms with E-state index in [0.29, 0.717) is 31.2 Å². The molecule has 3 heterocycles. The average molecular weight is 823 g/mol. The third-order valence-electron chi connectivity index (χ3n) is 4.69. The first kappa shape index (κ1) is 31.6. The zero-order valence-corrected chi connectivity index (χ0v) is 26.7. The predicted molar refractivity (Wildman–Crippen MR) is 157 cm³/mol. The van der Waals surface area contributed by atoms with Crippen LogP contribution in [0.2, 0.25) is 0 Å². The molecular formula is C24H12IrN3O6S6. The number of aromatic nitrogens is 3. The Kier molecular flexibility index (Phi) is 10.7. The number of nitrogens with zero attached hydrogens (tertiary/aromatic N) is 3. The number of hydrogen-bond donors (Lipinski definition) is 3. The second-order valence-electron chi connectivity index (χ2n) is 7.28. The molecule has 0 amide bonds. The van der Waals surface area contributed by atoms with Crippen LogP contribution in [0.3, 0.4) is 0 Å². The molecule has 0 fully saturated rings. The molecule has 0 aliphatic rings. The smallest absolute Gasteiger partial charge is 0.778 e. The Balaban J connectivity index is 0.000000163. The van der Waals surface area contributed by atoms with Crippen molar-refractivity contribution in [1.29, 1.82) is 0 Å². The Labute approximate surface area is 267 Å². The maximum absolute atomic E-state index is 10.6. The minimum absolute atomic E-state index is 0. The van der Waals surface area contributed by atoms with E-state index in [-0.39, 0.29) is 35.1 Å². The van der Waals surface area contributed by atoms with Crippen LogP contribution in [0.4, 0.5) is 0 Å². The van der Waals surface area contributed by atoms with Crippen molar-refractivity contribution in [3.63, 3.8) is 0 Å². The van der Waals surface area contributed by atoms with Crippen molar-refractivity contribution < 1.29 is 49.8 Å². The number of thiazole rings is 3. The van der Waals surface area contributed by atoms with Crippen LogP contribution in [0, 0.1) is 0 Å². The van der Waals surface area contributed by atoms with E-state index in [0.717, 1.165) is 48.1 Å². The van der Waals surface area contributed by atoms with Crippen LogP contribution in [-0.4, -0.2) is 48.2 Å². The zero-order valence-electron chi connectivity index (χ0n) is 19.4. The van der Waals surface area contributed by atoms with Gasteiger partial charge in [-0.3, -0.25) is 0 Å². The van der Waals surface area contributed by atoms with Crippen molar-refractivity contribution in [3.8, 4) is 0 Å². The van der Waals surface area contributed by atoms with Crippen LogP contribution in [0.25, 0.3) is 30.6 Å². The number of carbonyl (C=O) groups is 3. The van der Waals surface area contributed by atoms with Crippen LogP contribution in [0.5, 0.6) is 0 Å². The fraction of sp³-hybridized carbons (Fsp3) is 0. The maximum Gasteiger partial charge on any atom is 3.00 e. The van der Waals surface area contributed by atoms with Gasteiger partial charge in [-0.05, 0) is 18.2 Å². The Bertz CT molecular complexity index is 1650. The van der Waals surface area contributed by atoms with Crippen LogP contribution in [0.15, 0.2) is 69.3 Å². The summed E-state index contributed by atoms with van der Waals surface area (Å²) in [5.41, 5.74) is 1.83. The first-order valence-electron chi connectivity index (χ1n) is 10.4. The van der Waals surface area contributed by atoms with E-state index in [4.69, 9.17) is 53.2 Å². The molecule has 40 heavy (non-hydrogen) atoms. The molecule has 0 saturated heterocycles. The van der Waals surface area contributed by atoms with E-state index < -0.39 is 17.9 Å². The van der Waals surface area contributed by atoms with Crippen LogP contribution in [-0.2, 0) is 58.0 Å². The number of carboxylic acids is 3. The molecular weight excluding hydrogens is 811 g/mol. The molecule has 0 aliphatic carbocycles. The van der Waals surface area contributed by atoms with Gasteiger partial charge in [0, 0.05) is 0 Å². The summed E-state index contributed by atoms with van der Waals surface area (Å²) in [4.78, 5) is 45.4. The Morgan fingerprint density at radius 3 is 0.975 bits per heavy atom. The summed E-state index contributed by atoms with van der Waals surface area (Å²) in [6.07, 6.45) is 0. The van der Waals surface area contributed by atoms with E-state index in [9.17, 15) is 14.4 Å². The summed E-state index contributed by atoms with van der Waals surface area (Å²) in [7, 11) is 0. The topological polar surface area (TPSA) is 151 Å². The van der Waals surface area contributed by atoms with Gasteiger partial charge in [-0.15, -0.1) is 48.7 Å². The van der Waals surface area contributed by atoms with Crippen LogP contribution < -0.4 is 0 Å². The predicted octanol–water partition coefficient (Wildman–Crippen LogP) is 5.70. The summed E-state index contributed by atoms with van der Waals surface area (Å²) >= 11 is 18.4. The number of rotatable bonds is 3.